The molecule has 0 spiro atoms. The van der Waals surface area contributed by atoms with E-state index < -0.39 is 11.9 Å². The van der Waals surface area contributed by atoms with Crippen molar-refractivity contribution in [2.24, 2.45) is 0 Å². The normalized spacial score (nSPS) is 10.9. The van der Waals surface area contributed by atoms with Gasteiger partial charge in [-0.2, -0.15) is 0 Å². The average molecular weight is 201 g/mol. The van der Waals surface area contributed by atoms with E-state index in [2.05, 4.69) is 10.1 Å². The molecule has 0 atom stereocenters. The summed E-state index contributed by atoms with van der Waals surface area (Å²) in [6.07, 6.45) is 2.74. The first-order chi connectivity index (χ1) is 6.61. The van der Waals surface area contributed by atoms with Gasteiger partial charge in [-0.15, -0.1) is 0 Å². The maximum Gasteiger partial charge on any atom is 0.352 e. The Balaban J connectivity index is 4.22. The Morgan fingerprint density at radius 2 is 2.14 bits per heavy atom. The van der Waals surface area contributed by atoms with Crippen LogP contribution >= 0.6 is 0 Å². The molecule has 0 saturated carbocycles. The molecule has 0 aromatic carbocycles. The molecule has 0 aliphatic carbocycles. The third kappa shape index (κ3) is 5.18. The lowest BCUT2D eigenvalue weighted by Gasteiger charge is -2.04. The van der Waals surface area contributed by atoms with Crippen molar-refractivity contribution in [3.8, 4) is 0 Å². The summed E-state index contributed by atoms with van der Waals surface area (Å²) in [4.78, 5) is 21.4. The van der Waals surface area contributed by atoms with Crippen LogP contribution in [0.3, 0.4) is 0 Å². The zero-order valence-corrected chi connectivity index (χ0v) is 8.37. The minimum atomic E-state index is -1.16. The molecule has 0 unspecified atom stereocenters. The number of aliphatic carboxylic acids is 1. The van der Waals surface area contributed by atoms with Crippen LogP contribution in [0.15, 0.2) is 11.8 Å². The first kappa shape index (κ1) is 12.5. The third-order valence-electron chi connectivity index (χ3n) is 1.54. The highest BCUT2D eigenvalue weighted by Crippen LogP contribution is 1.93. The Morgan fingerprint density at radius 1 is 1.50 bits per heavy atom. The van der Waals surface area contributed by atoms with Crippen LogP contribution in [0.5, 0.6) is 0 Å². The Labute approximate surface area is 82.7 Å². The monoisotopic (exact) mass is 201 g/mol. The van der Waals surface area contributed by atoms with E-state index in [0.717, 1.165) is 18.9 Å². The van der Waals surface area contributed by atoms with Crippen molar-refractivity contribution in [2.75, 3.05) is 13.7 Å². The zero-order chi connectivity index (χ0) is 11.0. The number of ether oxygens (including phenoxy) is 1. The van der Waals surface area contributed by atoms with Crippen molar-refractivity contribution in [3.63, 3.8) is 0 Å². The van der Waals surface area contributed by atoms with Crippen LogP contribution < -0.4 is 5.32 Å². The molecule has 5 heteroatoms. The number of hydrogen-bond acceptors (Lipinski definition) is 4. The summed E-state index contributed by atoms with van der Waals surface area (Å²) >= 11 is 0. The Morgan fingerprint density at radius 3 is 2.57 bits per heavy atom. The highest BCUT2D eigenvalue weighted by Gasteiger charge is 2.08. The quantitative estimate of drug-likeness (QED) is 0.372. The van der Waals surface area contributed by atoms with E-state index in [1.165, 1.54) is 7.11 Å². The summed E-state index contributed by atoms with van der Waals surface area (Å²) in [6.45, 7) is 2.53. The fraction of sp³-hybridized carbons (Fsp3) is 0.556. The van der Waals surface area contributed by atoms with Crippen LogP contribution in [-0.2, 0) is 14.3 Å². The molecular formula is C9H15NO4. The van der Waals surface area contributed by atoms with Crippen LogP contribution in [0.25, 0.3) is 0 Å². The Bertz CT molecular complexity index is 235. The van der Waals surface area contributed by atoms with Gasteiger partial charge in [0.15, 0.2) is 0 Å². The Hall–Kier alpha value is -1.52. The summed E-state index contributed by atoms with van der Waals surface area (Å²) in [5.41, 5.74) is -0.134. The predicted octanol–water partition coefficient (Wildman–Crippen LogP) is 0.518. The fourth-order valence-electron chi connectivity index (χ4n) is 0.765. The number of carboxylic acids is 1. The summed E-state index contributed by atoms with van der Waals surface area (Å²) in [6, 6.07) is 0. The number of rotatable bonds is 6. The number of carboxylic acid groups (broad SMARTS) is 1. The molecule has 0 aliphatic rings. The summed E-state index contributed by atoms with van der Waals surface area (Å²) in [5, 5.41) is 11.3. The molecule has 0 aromatic rings. The van der Waals surface area contributed by atoms with Crippen LogP contribution in [0.1, 0.15) is 19.8 Å². The number of hydrogen-bond donors (Lipinski definition) is 2. The molecule has 0 radical (unpaired) electrons. The number of unbranched alkanes of at least 4 members (excludes halogenated alkanes) is 1. The Kier molecular flexibility index (Phi) is 6.19. The van der Waals surface area contributed by atoms with E-state index in [0.29, 0.717) is 6.54 Å². The number of methoxy groups -OCH3 is 1. The van der Waals surface area contributed by atoms with Gasteiger partial charge in [0.1, 0.15) is 5.70 Å². The van der Waals surface area contributed by atoms with Gasteiger partial charge in [-0.1, -0.05) is 13.3 Å². The van der Waals surface area contributed by atoms with E-state index in [1.807, 2.05) is 6.92 Å². The molecule has 0 rings (SSSR count). The SMILES string of the molecule is CCCCN/C(=C/C(=O)OC)C(=O)O. The molecule has 0 amide bonds. The summed E-state index contributed by atoms with van der Waals surface area (Å²) in [5.74, 6) is -1.84. The number of nitrogens with one attached hydrogen (secondary N) is 1. The lowest BCUT2D eigenvalue weighted by atomic mass is 10.3. The summed E-state index contributed by atoms with van der Waals surface area (Å²) < 4.78 is 4.32. The average Bonchev–Trinajstić information content (AvgIpc) is 2.16. The molecule has 5 nitrogen and oxygen atoms in total. The number of carbonyl (C=O) groups is 2. The molecule has 14 heavy (non-hydrogen) atoms. The largest absolute Gasteiger partial charge is 0.477 e. The second-order valence-corrected chi connectivity index (χ2v) is 2.67. The smallest absolute Gasteiger partial charge is 0.352 e. The molecule has 0 heterocycles. The van der Waals surface area contributed by atoms with Crippen molar-refractivity contribution < 1.29 is 19.4 Å². The van der Waals surface area contributed by atoms with Crippen LogP contribution in [0, 0.1) is 0 Å². The van der Waals surface area contributed by atoms with E-state index >= 15 is 0 Å². The maximum absolute atomic E-state index is 10.8. The van der Waals surface area contributed by atoms with Crippen molar-refractivity contribution in [1.82, 2.24) is 5.32 Å². The van der Waals surface area contributed by atoms with Gasteiger partial charge >= 0.3 is 11.9 Å². The molecule has 2 N–H and O–H groups in total. The number of esters is 1. The van der Waals surface area contributed by atoms with Crippen molar-refractivity contribution in [1.29, 1.82) is 0 Å². The van der Waals surface area contributed by atoms with Gasteiger partial charge in [-0.25, -0.2) is 9.59 Å². The second kappa shape index (κ2) is 6.94. The first-order valence-electron chi connectivity index (χ1n) is 4.38. The van der Waals surface area contributed by atoms with Crippen molar-refractivity contribution in [2.45, 2.75) is 19.8 Å². The highest BCUT2D eigenvalue weighted by atomic mass is 16.5. The van der Waals surface area contributed by atoms with Gasteiger partial charge in [0.25, 0.3) is 0 Å². The first-order valence-corrected chi connectivity index (χ1v) is 4.38. The third-order valence-corrected chi connectivity index (χ3v) is 1.54. The van der Waals surface area contributed by atoms with Crippen LogP contribution in [-0.4, -0.2) is 30.7 Å². The van der Waals surface area contributed by atoms with Gasteiger partial charge < -0.3 is 15.2 Å². The van der Waals surface area contributed by atoms with Gasteiger partial charge in [0.05, 0.1) is 13.2 Å². The summed E-state index contributed by atoms with van der Waals surface area (Å²) in [7, 11) is 1.20. The molecule has 0 aromatic heterocycles. The lowest BCUT2D eigenvalue weighted by Crippen LogP contribution is -2.22. The van der Waals surface area contributed by atoms with E-state index in [1.54, 1.807) is 0 Å². The second-order valence-electron chi connectivity index (χ2n) is 2.67. The van der Waals surface area contributed by atoms with Crippen molar-refractivity contribution >= 4 is 11.9 Å². The maximum atomic E-state index is 10.8. The molecule has 80 valence electrons. The van der Waals surface area contributed by atoms with Crippen LogP contribution in [0.4, 0.5) is 0 Å². The predicted molar refractivity (Wildman–Crippen MR) is 50.6 cm³/mol. The zero-order valence-electron chi connectivity index (χ0n) is 8.37. The van der Waals surface area contributed by atoms with Crippen LogP contribution in [0.2, 0.25) is 0 Å². The van der Waals surface area contributed by atoms with Crippen molar-refractivity contribution in [3.05, 3.63) is 11.8 Å². The van der Waals surface area contributed by atoms with E-state index in [-0.39, 0.29) is 5.70 Å². The number of carbonyl (C=O) groups excluding carboxylic acids is 1. The minimum absolute atomic E-state index is 0.134. The molecule has 0 fully saturated rings. The topological polar surface area (TPSA) is 75.6 Å². The molecule has 0 saturated heterocycles. The molecular weight excluding hydrogens is 186 g/mol. The molecule has 0 bridgehead atoms. The lowest BCUT2D eigenvalue weighted by molar-refractivity contribution is -0.137. The van der Waals surface area contributed by atoms with Gasteiger partial charge in [0, 0.05) is 6.54 Å². The standard InChI is InChI=1S/C9H15NO4/c1-3-4-5-10-7(9(12)13)6-8(11)14-2/h6,10H,3-5H2,1-2H3,(H,12,13)/b7-6+. The highest BCUT2D eigenvalue weighted by molar-refractivity contribution is 5.94. The van der Waals surface area contributed by atoms with E-state index in [4.69, 9.17) is 5.11 Å². The van der Waals surface area contributed by atoms with Gasteiger partial charge in [0.2, 0.25) is 0 Å². The van der Waals surface area contributed by atoms with Gasteiger partial charge in [-0.05, 0) is 6.42 Å². The fourth-order valence-corrected chi connectivity index (χ4v) is 0.765. The molecule has 0 aliphatic heterocycles. The minimum Gasteiger partial charge on any atom is -0.477 e. The van der Waals surface area contributed by atoms with E-state index in [9.17, 15) is 9.59 Å². The van der Waals surface area contributed by atoms with Gasteiger partial charge in [-0.3, -0.25) is 0 Å².